The van der Waals surface area contributed by atoms with Crippen LogP contribution < -0.4 is 10.5 Å². The highest BCUT2D eigenvalue weighted by Crippen LogP contribution is 2.31. The average molecular weight is 171 g/mol. The molecule has 1 aliphatic heterocycles. The highest BCUT2D eigenvalue weighted by atomic mass is 35.5. The van der Waals surface area contributed by atoms with Gasteiger partial charge in [-0.25, -0.2) is 0 Å². The Hall–Kier alpha value is 0.430. The zero-order valence-corrected chi connectivity index (χ0v) is 6.15. The van der Waals surface area contributed by atoms with E-state index in [1.54, 1.807) is 6.08 Å². The van der Waals surface area contributed by atoms with Crippen molar-refractivity contribution >= 4 is 35.1 Å². The second kappa shape index (κ2) is 1.99. The van der Waals surface area contributed by atoms with Crippen molar-refractivity contribution in [1.82, 2.24) is 4.72 Å². The number of nitrogens with two attached hydrogens (primary N) is 1. The van der Waals surface area contributed by atoms with Gasteiger partial charge in [0.05, 0.1) is 0 Å². The van der Waals surface area contributed by atoms with Crippen LogP contribution in [0.15, 0.2) is 11.2 Å². The molecule has 0 aromatic carbocycles. The summed E-state index contributed by atoms with van der Waals surface area (Å²) < 4.78 is 1.85. The Balaban J connectivity index is 2.67. The summed E-state index contributed by atoms with van der Waals surface area (Å²) in [6.45, 7) is 0. The van der Waals surface area contributed by atoms with Crippen LogP contribution in [0.2, 0.25) is 0 Å². The van der Waals surface area contributed by atoms with E-state index in [0.29, 0.717) is 5.16 Å². The zero-order valence-electron chi connectivity index (χ0n) is 3.82. The van der Waals surface area contributed by atoms with Crippen molar-refractivity contribution in [3.63, 3.8) is 0 Å². The second-order valence-corrected chi connectivity index (χ2v) is 3.73. The number of nitrogens with one attached hydrogen (secondary N) is 1. The average Bonchev–Trinajstić information content (AvgIpc) is 1.82. The smallest absolute Gasteiger partial charge is 0.179 e. The molecule has 0 aromatic heterocycles. The Morgan fingerprint density at radius 1 is 1.88 bits per heavy atom. The summed E-state index contributed by atoms with van der Waals surface area (Å²) in [4.78, 5) is 0. The van der Waals surface area contributed by atoms with Crippen LogP contribution in [0.5, 0.6) is 0 Å². The van der Waals surface area contributed by atoms with Gasteiger partial charge in [0.2, 0.25) is 0 Å². The first-order valence-corrected chi connectivity index (χ1v) is 3.47. The summed E-state index contributed by atoms with van der Waals surface area (Å²) in [5.74, 6) is 0. The molecule has 0 radical (unpaired) electrons. The van der Waals surface area contributed by atoms with Crippen LogP contribution in [0.25, 0.3) is 0 Å². The monoisotopic (exact) mass is 170 g/mol. The van der Waals surface area contributed by atoms with Gasteiger partial charge < -0.3 is 4.72 Å². The Bertz CT molecular complexity index is 133. The van der Waals surface area contributed by atoms with Crippen molar-refractivity contribution in [2.45, 2.75) is 4.33 Å². The minimum Gasteiger partial charge on any atom is -0.318 e. The molecule has 0 fully saturated rings. The summed E-state index contributed by atoms with van der Waals surface area (Å²) in [6, 6.07) is 0. The van der Waals surface area contributed by atoms with E-state index in [2.05, 4.69) is 4.72 Å². The molecule has 0 spiro atoms. The number of rotatable bonds is 0. The number of hydrogen-bond acceptors (Lipinski definition) is 3. The number of alkyl halides is 1. The number of hydrogen-bond donors (Lipinski definition) is 2. The summed E-state index contributed by atoms with van der Waals surface area (Å²) in [7, 11) is 0. The third kappa shape index (κ3) is 1.45. The van der Waals surface area contributed by atoms with E-state index in [9.17, 15) is 0 Å². The lowest BCUT2D eigenvalue weighted by atomic mass is 10.6. The van der Waals surface area contributed by atoms with Crippen molar-refractivity contribution in [3.8, 4) is 0 Å². The molecule has 8 heavy (non-hydrogen) atoms. The van der Waals surface area contributed by atoms with Gasteiger partial charge in [-0.3, -0.25) is 5.73 Å². The molecule has 1 unspecified atom stereocenters. The third-order valence-corrected chi connectivity index (χ3v) is 2.04. The first kappa shape index (κ1) is 6.55. The predicted molar refractivity (Wildman–Crippen MR) is 37.4 cm³/mol. The molecule has 0 aliphatic carbocycles. The fraction of sp³-hybridized carbons (Fsp3) is 0.333. The van der Waals surface area contributed by atoms with Crippen molar-refractivity contribution in [2.75, 3.05) is 0 Å². The lowest BCUT2D eigenvalue weighted by molar-refractivity contribution is 1.08. The van der Waals surface area contributed by atoms with Crippen LogP contribution in [0.1, 0.15) is 0 Å². The Morgan fingerprint density at radius 3 is 2.62 bits per heavy atom. The van der Waals surface area contributed by atoms with E-state index in [1.165, 1.54) is 11.9 Å². The molecule has 3 N–H and O–H groups in total. The molecule has 1 aliphatic rings. The van der Waals surface area contributed by atoms with E-state index in [-0.39, 0.29) is 0 Å². The van der Waals surface area contributed by atoms with E-state index in [0.717, 1.165) is 0 Å². The fourth-order valence-corrected chi connectivity index (χ4v) is 1.48. The maximum absolute atomic E-state index is 5.58. The van der Waals surface area contributed by atoms with Gasteiger partial charge in [0.1, 0.15) is 5.16 Å². The van der Waals surface area contributed by atoms with Gasteiger partial charge in [0, 0.05) is 0 Å². The Kier molecular flexibility index (Phi) is 1.63. The molecule has 0 saturated carbocycles. The van der Waals surface area contributed by atoms with Gasteiger partial charge in [0.25, 0.3) is 0 Å². The van der Waals surface area contributed by atoms with Crippen molar-refractivity contribution in [2.24, 2.45) is 5.73 Å². The lowest BCUT2D eigenvalue weighted by Crippen LogP contribution is -2.23. The molecule has 1 rings (SSSR count). The maximum atomic E-state index is 5.58. The molecule has 0 bridgehead atoms. The van der Waals surface area contributed by atoms with Crippen molar-refractivity contribution in [1.29, 1.82) is 0 Å². The van der Waals surface area contributed by atoms with Gasteiger partial charge in [-0.1, -0.05) is 23.2 Å². The second-order valence-electron chi connectivity index (χ2n) is 1.39. The Morgan fingerprint density at radius 2 is 2.50 bits per heavy atom. The van der Waals surface area contributed by atoms with Crippen molar-refractivity contribution in [3.05, 3.63) is 11.2 Å². The van der Waals surface area contributed by atoms with Crippen LogP contribution in [-0.4, -0.2) is 4.33 Å². The lowest BCUT2D eigenvalue weighted by Gasteiger charge is -2.06. The first-order valence-electron chi connectivity index (χ1n) is 1.90. The molecule has 5 heteroatoms. The molecule has 46 valence electrons. The van der Waals surface area contributed by atoms with Gasteiger partial charge in [0.15, 0.2) is 4.33 Å². The quantitative estimate of drug-likeness (QED) is 0.326. The Labute approximate surface area is 61.5 Å². The molecule has 2 nitrogen and oxygen atoms in total. The topological polar surface area (TPSA) is 38.0 Å². The normalized spacial score (nSPS) is 36.6. The van der Waals surface area contributed by atoms with Crippen LogP contribution >= 0.6 is 35.1 Å². The largest absolute Gasteiger partial charge is 0.318 e. The molecule has 1 heterocycles. The highest BCUT2D eigenvalue weighted by Gasteiger charge is 2.25. The van der Waals surface area contributed by atoms with Crippen LogP contribution in [0.4, 0.5) is 0 Å². The summed E-state index contributed by atoms with van der Waals surface area (Å²) in [5.41, 5.74) is 5.37. The van der Waals surface area contributed by atoms with E-state index >= 15 is 0 Å². The van der Waals surface area contributed by atoms with Crippen LogP contribution in [-0.2, 0) is 0 Å². The maximum Gasteiger partial charge on any atom is 0.179 e. The molecular weight excluding hydrogens is 167 g/mol. The van der Waals surface area contributed by atoms with Crippen LogP contribution in [0, 0.1) is 0 Å². The summed E-state index contributed by atoms with van der Waals surface area (Å²) in [6.07, 6.45) is 1.54. The number of halogens is 2. The zero-order chi connectivity index (χ0) is 6.20. The molecular formula is C3H4Cl2N2S. The molecule has 0 aromatic rings. The molecule has 0 saturated heterocycles. The minimum absolute atomic E-state index is 0.493. The van der Waals surface area contributed by atoms with E-state index in [1.807, 2.05) is 0 Å². The van der Waals surface area contributed by atoms with Gasteiger partial charge in [-0.05, 0) is 18.0 Å². The van der Waals surface area contributed by atoms with Gasteiger partial charge in [-0.15, -0.1) is 0 Å². The molecule has 1 atom stereocenters. The highest BCUT2D eigenvalue weighted by molar-refractivity contribution is 8.00. The van der Waals surface area contributed by atoms with Gasteiger partial charge in [-0.2, -0.15) is 0 Å². The molecule has 0 amide bonds. The summed E-state index contributed by atoms with van der Waals surface area (Å²) in [5, 5.41) is 0.493. The van der Waals surface area contributed by atoms with E-state index in [4.69, 9.17) is 28.9 Å². The van der Waals surface area contributed by atoms with E-state index < -0.39 is 4.33 Å². The van der Waals surface area contributed by atoms with Gasteiger partial charge >= 0.3 is 0 Å². The minimum atomic E-state index is -0.850. The first-order chi connectivity index (χ1) is 3.60. The summed E-state index contributed by atoms with van der Waals surface area (Å²) >= 11 is 12.2. The standard InChI is InChI=1S/C3H4Cl2N2S/c4-2-1-3(5,6)8-7-2/h1,7H,6H2. The van der Waals surface area contributed by atoms with Crippen molar-refractivity contribution < 1.29 is 0 Å². The van der Waals surface area contributed by atoms with Crippen LogP contribution in [0.3, 0.4) is 0 Å². The SMILES string of the molecule is NC1(Cl)C=C(Cl)NS1. The predicted octanol–water partition coefficient (Wildman–Crippen LogP) is 1.17. The fourth-order valence-electron chi connectivity index (χ4n) is 0.359. The third-order valence-electron chi connectivity index (χ3n) is 0.628.